The summed E-state index contributed by atoms with van der Waals surface area (Å²) in [5, 5.41) is 10.6. The van der Waals surface area contributed by atoms with Gasteiger partial charge in [-0.15, -0.1) is 0 Å². The smallest absolute Gasteiger partial charge is 0.339 e. The molecule has 0 saturated carbocycles. The maximum atomic E-state index is 13.1. The molecule has 5 aromatic carbocycles. The highest BCUT2D eigenvalue weighted by atomic mass is 32.2. The van der Waals surface area contributed by atoms with E-state index < -0.39 is 38.5 Å². The Morgan fingerprint density at radius 2 is 0.939 bits per heavy atom. The molecule has 0 fully saturated rings. The molecule has 0 aromatic heterocycles. The molecule has 0 spiro atoms. The molecule has 0 bridgehead atoms. The molecule has 252 valence electrons. The van der Waals surface area contributed by atoms with Gasteiger partial charge >= 0.3 is 32.3 Å². The normalized spacial score (nSPS) is 11.3. The minimum Gasteiger partial charge on any atom is -0.379 e. The summed E-state index contributed by atoms with van der Waals surface area (Å²) in [6.45, 7) is 3.67. The van der Waals surface area contributed by atoms with E-state index in [4.69, 9.17) is 8.37 Å². The second-order valence-corrected chi connectivity index (χ2v) is 13.9. The van der Waals surface area contributed by atoms with Gasteiger partial charge in [0, 0.05) is 23.5 Å². The van der Waals surface area contributed by atoms with Crippen molar-refractivity contribution in [2.45, 2.75) is 29.8 Å². The predicted octanol–water partition coefficient (Wildman–Crippen LogP) is 6.48. The van der Waals surface area contributed by atoms with Crippen molar-refractivity contribution in [1.29, 1.82) is 0 Å². The third kappa shape index (κ3) is 9.59. The van der Waals surface area contributed by atoms with Crippen molar-refractivity contribution in [3.63, 3.8) is 0 Å². The van der Waals surface area contributed by atoms with Gasteiger partial charge in [-0.3, -0.25) is 0 Å². The van der Waals surface area contributed by atoms with Gasteiger partial charge < -0.3 is 29.6 Å². The second-order valence-electron chi connectivity index (χ2n) is 10.8. The molecule has 0 atom stereocenters. The lowest BCUT2D eigenvalue weighted by Crippen LogP contribution is -2.44. The highest BCUT2D eigenvalue weighted by Crippen LogP contribution is 2.24. The Kier molecular flexibility index (Phi) is 10.5. The lowest BCUT2D eigenvalue weighted by Gasteiger charge is -2.21. The van der Waals surface area contributed by atoms with Gasteiger partial charge in [-0.25, -0.2) is 9.59 Å². The second kappa shape index (κ2) is 14.9. The van der Waals surface area contributed by atoms with Crippen LogP contribution in [-0.4, -0.2) is 28.9 Å². The SMILES string of the molecule is Cc1ccc(S(=O)(=O)Oc2cccc(NC(=O)NC(NC(=O)Nc3cccc(OS(=O)(=O)c4ccc(C)cc4)c3)c3ccccc3)c2)cc1. The molecule has 4 amide bonds. The van der Waals surface area contributed by atoms with Crippen LogP contribution >= 0.6 is 0 Å². The first kappa shape index (κ1) is 34.5. The van der Waals surface area contributed by atoms with Crippen LogP contribution in [0.2, 0.25) is 0 Å². The Morgan fingerprint density at radius 3 is 1.35 bits per heavy atom. The van der Waals surface area contributed by atoms with Crippen LogP contribution < -0.4 is 29.6 Å². The largest absolute Gasteiger partial charge is 0.379 e. The molecule has 0 unspecified atom stereocenters. The summed E-state index contributed by atoms with van der Waals surface area (Å²) in [5.74, 6) is -0.0401. The molecular formula is C35H32N4O8S2. The van der Waals surface area contributed by atoms with E-state index in [1.54, 1.807) is 54.6 Å². The molecular weight excluding hydrogens is 669 g/mol. The van der Waals surface area contributed by atoms with Crippen molar-refractivity contribution in [3.8, 4) is 11.5 Å². The average Bonchev–Trinajstić information content (AvgIpc) is 3.05. The zero-order valence-corrected chi connectivity index (χ0v) is 27.9. The first-order valence-electron chi connectivity index (χ1n) is 14.8. The van der Waals surface area contributed by atoms with Crippen molar-refractivity contribution in [3.05, 3.63) is 144 Å². The number of carbonyl (C=O) groups excluding carboxylic acids is 2. The number of anilines is 2. The van der Waals surface area contributed by atoms with E-state index >= 15 is 0 Å². The van der Waals surface area contributed by atoms with E-state index in [0.717, 1.165) is 11.1 Å². The number of urea groups is 2. The number of rotatable bonds is 11. The van der Waals surface area contributed by atoms with Crippen molar-refractivity contribution in [1.82, 2.24) is 10.6 Å². The lowest BCUT2D eigenvalue weighted by atomic mass is 10.2. The van der Waals surface area contributed by atoms with Gasteiger partial charge in [0.25, 0.3) is 0 Å². The number of benzene rings is 5. The van der Waals surface area contributed by atoms with Crippen molar-refractivity contribution in [2.24, 2.45) is 0 Å². The van der Waals surface area contributed by atoms with Crippen molar-refractivity contribution in [2.75, 3.05) is 10.6 Å². The Hall–Kier alpha value is -5.86. The van der Waals surface area contributed by atoms with Crippen LogP contribution in [0, 0.1) is 13.8 Å². The van der Waals surface area contributed by atoms with Crippen LogP contribution in [0.25, 0.3) is 0 Å². The first-order valence-corrected chi connectivity index (χ1v) is 17.6. The number of amides is 4. The number of hydrogen-bond donors (Lipinski definition) is 4. The molecule has 49 heavy (non-hydrogen) atoms. The molecule has 12 nitrogen and oxygen atoms in total. The van der Waals surface area contributed by atoms with Gasteiger partial charge in [0.15, 0.2) is 0 Å². The average molecular weight is 701 g/mol. The highest BCUT2D eigenvalue weighted by Gasteiger charge is 2.20. The van der Waals surface area contributed by atoms with E-state index in [9.17, 15) is 26.4 Å². The summed E-state index contributed by atoms with van der Waals surface area (Å²) < 4.78 is 61.4. The molecule has 0 aliphatic rings. The standard InChI is InChI=1S/C35H32N4O8S2/c1-24-14-18-31(19-15-24)48(42,43)46-29-12-6-10-27(22-29)36-34(40)38-33(26-8-4-3-5-9-26)39-35(41)37-28-11-7-13-30(23-28)47-49(44,45)32-20-16-25(2)17-21-32/h3-23,33H,1-2H3,(H2,36,38,40)(H2,37,39,41). The number of aryl methyl sites for hydroxylation is 2. The van der Waals surface area contributed by atoms with Crippen LogP contribution in [0.5, 0.6) is 11.5 Å². The van der Waals surface area contributed by atoms with Crippen LogP contribution in [0.1, 0.15) is 22.9 Å². The molecule has 4 N–H and O–H groups in total. The summed E-state index contributed by atoms with van der Waals surface area (Å²) in [4.78, 5) is 26.1. The molecule has 0 aliphatic carbocycles. The van der Waals surface area contributed by atoms with Gasteiger partial charge in [0.1, 0.15) is 27.5 Å². The van der Waals surface area contributed by atoms with Gasteiger partial charge in [-0.2, -0.15) is 16.8 Å². The fourth-order valence-electron chi connectivity index (χ4n) is 4.46. The summed E-state index contributed by atoms with van der Waals surface area (Å²) >= 11 is 0. The first-order chi connectivity index (χ1) is 23.4. The van der Waals surface area contributed by atoms with Crippen LogP contribution in [0.3, 0.4) is 0 Å². The number of hydrogen-bond acceptors (Lipinski definition) is 8. The third-order valence-corrected chi connectivity index (χ3v) is 9.42. The minimum atomic E-state index is -4.12. The fraction of sp³-hybridized carbons (Fsp3) is 0.0857. The van der Waals surface area contributed by atoms with Crippen molar-refractivity contribution < 1.29 is 34.8 Å². The quantitative estimate of drug-likeness (QED) is 0.0897. The molecule has 5 rings (SSSR count). The molecule has 14 heteroatoms. The van der Waals surface area contributed by atoms with Crippen molar-refractivity contribution >= 4 is 43.7 Å². The van der Waals surface area contributed by atoms with Crippen LogP contribution in [-0.2, 0) is 20.2 Å². The zero-order chi connectivity index (χ0) is 35.0. The molecule has 5 aromatic rings. The summed E-state index contributed by atoms with van der Waals surface area (Å²) in [7, 11) is -8.23. The fourth-order valence-corrected chi connectivity index (χ4v) is 6.30. The summed E-state index contributed by atoms with van der Waals surface area (Å²) in [6, 6.07) is 31.2. The van der Waals surface area contributed by atoms with E-state index in [-0.39, 0.29) is 32.7 Å². The van der Waals surface area contributed by atoms with Crippen LogP contribution in [0.15, 0.2) is 137 Å². The lowest BCUT2D eigenvalue weighted by molar-refractivity contribution is 0.238. The minimum absolute atomic E-state index is 0.0178. The summed E-state index contributed by atoms with van der Waals surface area (Å²) in [5.41, 5.74) is 2.77. The molecule has 0 aliphatic heterocycles. The van der Waals surface area contributed by atoms with E-state index in [1.807, 2.05) is 13.8 Å². The van der Waals surface area contributed by atoms with Gasteiger partial charge in [0.2, 0.25) is 0 Å². The van der Waals surface area contributed by atoms with Gasteiger partial charge in [-0.05, 0) is 67.9 Å². The van der Waals surface area contributed by atoms with Crippen LogP contribution in [0.4, 0.5) is 21.0 Å². The maximum absolute atomic E-state index is 13.1. The zero-order valence-electron chi connectivity index (χ0n) is 26.3. The van der Waals surface area contributed by atoms with E-state index in [2.05, 4.69) is 21.3 Å². The number of nitrogens with one attached hydrogen (secondary N) is 4. The maximum Gasteiger partial charge on any atom is 0.339 e. The summed E-state index contributed by atoms with van der Waals surface area (Å²) in [6.07, 6.45) is -1.02. The topological polar surface area (TPSA) is 169 Å². The predicted molar refractivity (Wildman–Crippen MR) is 184 cm³/mol. The highest BCUT2D eigenvalue weighted by molar-refractivity contribution is 7.87. The van der Waals surface area contributed by atoms with Gasteiger partial charge in [0.05, 0.1) is 0 Å². The third-order valence-electron chi connectivity index (χ3n) is 6.90. The Labute approximate surface area is 284 Å². The molecule has 0 radical (unpaired) electrons. The molecule has 0 saturated heterocycles. The molecule has 0 heterocycles. The Balaban J connectivity index is 1.24. The van der Waals surface area contributed by atoms with E-state index in [0.29, 0.717) is 5.56 Å². The Bertz CT molecular complexity index is 2020. The van der Waals surface area contributed by atoms with Gasteiger partial charge in [-0.1, -0.05) is 77.9 Å². The van der Waals surface area contributed by atoms with E-state index in [1.165, 1.54) is 72.8 Å². The Morgan fingerprint density at radius 1 is 0.531 bits per heavy atom. The monoisotopic (exact) mass is 700 g/mol. The number of carbonyl (C=O) groups is 2.